The van der Waals surface area contributed by atoms with Crippen molar-refractivity contribution >= 4 is 23.3 Å². The largest absolute Gasteiger partial charge is 0.480 e. The van der Waals surface area contributed by atoms with E-state index in [0.717, 1.165) is 5.69 Å². The number of carbonyl (C=O) groups is 2. The van der Waals surface area contributed by atoms with E-state index >= 15 is 0 Å². The van der Waals surface area contributed by atoms with Gasteiger partial charge in [-0.1, -0.05) is 0 Å². The van der Waals surface area contributed by atoms with Crippen LogP contribution in [0.15, 0.2) is 5.38 Å². The van der Waals surface area contributed by atoms with Gasteiger partial charge in [-0.15, -0.1) is 11.3 Å². The monoisotopic (exact) mass is 325 g/mol. The summed E-state index contributed by atoms with van der Waals surface area (Å²) in [4.78, 5) is 26.6. The van der Waals surface area contributed by atoms with Crippen molar-refractivity contribution < 1.29 is 27.9 Å². The second kappa shape index (κ2) is 6.74. The number of carbonyl (C=O) groups excluding carboxylic acids is 1. The molecule has 1 unspecified atom stereocenters. The highest BCUT2D eigenvalue weighted by Gasteiger charge is 2.34. The minimum Gasteiger partial charge on any atom is -0.480 e. The number of halogens is 3. The van der Waals surface area contributed by atoms with E-state index in [-0.39, 0.29) is 4.90 Å². The number of thiazole rings is 1. The lowest BCUT2D eigenvalue weighted by Crippen LogP contribution is -2.47. The topological polar surface area (TPSA) is 82.5 Å². The molecule has 118 valence electrons. The number of aromatic nitrogens is 1. The molecule has 1 atom stereocenters. The Kier molecular flexibility index (Phi) is 5.53. The van der Waals surface area contributed by atoms with Crippen LogP contribution >= 0.6 is 11.3 Å². The lowest BCUT2D eigenvalue weighted by molar-refractivity contribution is -0.149. The fraction of sp³-hybridized carbons (Fsp3) is 0.545. The van der Waals surface area contributed by atoms with Gasteiger partial charge in [-0.2, -0.15) is 13.2 Å². The van der Waals surface area contributed by atoms with Gasteiger partial charge in [-0.05, 0) is 13.8 Å². The van der Waals surface area contributed by atoms with Crippen LogP contribution in [-0.4, -0.2) is 46.3 Å². The molecule has 0 fully saturated rings. The molecule has 0 aromatic carbocycles. The second-order valence-corrected chi connectivity index (χ2v) is 5.25. The van der Waals surface area contributed by atoms with E-state index in [1.54, 1.807) is 19.2 Å². The van der Waals surface area contributed by atoms with Crippen molar-refractivity contribution in [1.82, 2.24) is 15.2 Å². The summed E-state index contributed by atoms with van der Waals surface area (Å²) in [5.41, 5.74) is 0.730. The Morgan fingerprint density at radius 2 is 2.14 bits per heavy atom. The summed E-state index contributed by atoms with van der Waals surface area (Å²) < 4.78 is 37.1. The minimum absolute atomic E-state index is 0.194. The molecule has 6 nitrogen and oxygen atoms in total. The van der Waals surface area contributed by atoms with Gasteiger partial charge in [0.2, 0.25) is 0 Å². The van der Waals surface area contributed by atoms with E-state index < -0.39 is 37.3 Å². The van der Waals surface area contributed by atoms with Crippen molar-refractivity contribution in [3.63, 3.8) is 0 Å². The van der Waals surface area contributed by atoms with E-state index in [2.05, 4.69) is 10.3 Å². The quantitative estimate of drug-likeness (QED) is 0.869. The van der Waals surface area contributed by atoms with Gasteiger partial charge in [0.05, 0.1) is 6.04 Å². The molecule has 0 saturated heterocycles. The predicted molar refractivity (Wildman–Crippen MR) is 69.1 cm³/mol. The van der Waals surface area contributed by atoms with Crippen molar-refractivity contribution in [3.05, 3.63) is 16.1 Å². The molecule has 1 aromatic heterocycles. The number of amides is 2. The second-order valence-electron chi connectivity index (χ2n) is 4.36. The first kappa shape index (κ1) is 17.2. The minimum atomic E-state index is -4.67. The lowest BCUT2D eigenvalue weighted by atomic mass is 10.3. The lowest BCUT2D eigenvalue weighted by Gasteiger charge is -2.24. The first-order chi connectivity index (χ1) is 9.58. The zero-order valence-electron chi connectivity index (χ0n) is 11.3. The number of nitrogens with one attached hydrogen (secondary N) is 1. The third kappa shape index (κ3) is 5.98. The average molecular weight is 325 g/mol. The van der Waals surface area contributed by atoms with Crippen molar-refractivity contribution in [2.45, 2.75) is 26.1 Å². The third-order valence-corrected chi connectivity index (χ3v) is 3.48. The molecule has 0 saturated carbocycles. The van der Waals surface area contributed by atoms with Crippen LogP contribution in [0.4, 0.5) is 18.0 Å². The van der Waals surface area contributed by atoms with Crippen LogP contribution in [0, 0.1) is 6.92 Å². The number of hydrogen-bond donors (Lipinski definition) is 2. The molecular formula is C11H14F3N3O3S. The van der Waals surface area contributed by atoms with E-state index in [4.69, 9.17) is 5.11 Å². The Bertz CT molecular complexity index is 518. The van der Waals surface area contributed by atoms with Crippen LogP contribution in [0.5, 0.6) is 0 Å². The van der Waals surface area contributed by atoms with Gasteiger partial charge in [-0.25, -0.2) is 9.78 Å². The fourth-order valence-electron chi connectivity index (χ4n) is 1.49. The number of urea groups is 1. The Morgan fingerprint density at radius 1 is 1.52 bits per heavy atom. The van der Waals surface area contributed by atoms with Crippen LogP contribution in [0.25, 0.3) is 0 Å². The number of aliphatic carboxylic acids is 1. The molecular weight excluding hydrogens is 311 g/mol. The summed E-state index contributed by atoms with van der Waals surface area (Å²) in [6.45, 7) is 0.640. The van der Waals surface area contributed by atoms with Crippen molar-refractivity contribution in [2.75, 3.05) is 13.1 Å². The van der Waals surface area contributed by atoms with E-state index in [0.29, 0.717) is 5.01 Å². The number of nitrogens with zero attached hydrogens (tertiary/aromatic N) is 2. The molecule has 1 heterocycles. The van der Waals surface area contributed by atoms with Gasteiger partial charge in [-0.3, -0.25) is 4.79 Å². The summed E-state index contributed by atoms with van der Waals surface area (Å²) >= 11 is 1.26. The predicted octanol–water partition coefficient (Wildman–Crippen LogP) is 2.17. The summed E-state index contributed by atoms with van der Waals surface area (Å²) in [5, 5.41) is 13.2. The molecule has 0 spiro atoms. The molecule has 2 N–H and O–H groups in total. The van der Waals surface area contributed by atoms with E-state index in [9.17, 15) is 22.8 Å². The van der Waals surface area contributed by atoms with Crippen LogP contribution in [0.3, 0.4) is 0 Å². The van der Waals surface area contributed by atoms with Crippen LogP contribution in [0.1, 0.15) is 23.7 Å². The molecule has 0 aliphatic rings. The van der Waals surface area contributed by atoms with E-state index in [1.807, 2.05) is 0 Å². The Balaban J connectivity index is 2.73. The number of carboxylic acid groups (broad SMARTS) is 1. The zero-order valence-corrected chi connectivity index (χ0v) is 12.1. The van der Waals surface area contributed by atoms with Crippen molar-refractivity contribution in [1.29, 1.82) is 0 Å². The smallest absolute Gasteiger partial charge is 0.406 e. The highest BCUT2D eigenvalue weighted by molar-refractivity contribution is 7.09. The van der Waals surface area contributed by atoms with Crippen molar-refractivity contribution in [3.8, 4) is 0 Å². The molecule has 1 aromatic rings. The molecule has 21 heavy (non-hydrogen) atoms. The third-order valence-electron chi connectivity index (χ3n) is 2.33. The van der Waals surface area contributed by atoms with Gasteiger partial charge >= 0.3 is 18.2 Å². The molecule has 1 rings (SSSR count). The summed E-state index contributed by atoms with van der Waals surface area (Å²) in [6, 6.07) is -1.71. The molecule has 0 aliphatic carbocycles. The van der Waals surface area contributed by atoms with Crippen molar-refractivity contribution in [2.24, 2.45) is 0 Å². The summed E-state index contributed by atoms with van der Waals surface area (Å²) in [7, 11) is 0. The maximum atomic E-state index is 12.4. The van der Waals surface area contributed by atoms with Crippen LogP contribution in [-0.2, 0) is 4.79 Å². The molecule has 10 heteroatoms. The number of carboxylic acids is 1. The van der Waals surface area contributed by atoms with Gasteiger partial charge in [0.1, 0.15) is 18.1 Å². The molecule has 0 radical (unpaired) electrons. The number of rotatable bonds is 5. The number of hydrogen-bond acceptors (Lipinski definition) is 4. The normalized spacial score (nSPS) is 12.8. The first-order valence-electron chi connectivity index (χ1n) is 5.84. The maximum Gasteiger partial charge on any atom is 0.406 e. The first-order valence-corrected chi connectivity index (χ1v) is 6.72. The molecule has 0 aliphatic heterocycles. The average Bonchev–Trinajstić information content (AvgIpc) is 2.72. The van der Waals surface area contributed by atoms with Gasteiger partial charge in [0, 0.05) is 11.1 Å². The molecule has 0 bridgehead atoms. The van der Waals surface area contributed by atoms with Crippen LogP contribution in [0.2, 0.25) is 0 Å². The van der Waals surface area contributed by atoms with Gasteiger partial charge in [0.15, 0.2) is 0 Å². The Labute approximate surface area is 122 Å². The Morgan fingerprint density at radius 3 is 2.57 bits per heavy atom. The van der Waals surface area contributed by atoms with Gasteiger partial charge < -0.3 is 15.3 Å². The Hall–Kier alpha value is -1.84. The summed E-state index contributed by atoms with van der Waals surface area (Å²) in [5.74, 6) is -1.52. The highest BCUT2D eigenvalue weighted by Crippen LogP contribution is 2.19. The number of alkyl halides is 3. The van der Waals surface area contributed by atoms with E-state index in [1.165, 1.54) is 11.3 Å². The zero-order chi connectivity index (χ0) is 16.2. The maximum absolute atomic E-state index is 12.4. The standard InChI is InChI=1S/C11H14F3N3O3S/c1-6-4-21-9(15-6)7(2)16-10(20)17(3-8(18)19)5-11(12,13)14/h4,7H,3,5H2,1-2H3,(H,16,20)(H,18,19). The summed E-state index contributed by atoms with van der Waals surface area (Å²) in [6.07, 6.45) is -4.67. The number of aryl methyl sites for hydroxylation is 1. The highest BCUT2D eigenvalue weighted by atomic mass is 32.1. The van der Waals surface area contributed by atoms with Gasteiger partial charge in [0.25, 0.3) is 0 Å². The SMILES string of the molecule is Cc1csc(C(C)NC(=O)N(CC(=O)O)CC(F)(F)F)n1. The fourth-order valence-corrected chi connectivity index (χ4v) is 2.29. The van der Waals surface area contributed by atoms with Crippen LogP contribution < -0.4 is 5.32 Å². The molecule has 2 amide bonds.